The fourth-order valence-corrected chi connectivity index (χ4v) is 3.44. The van der Waals surface area contributed by atoms with E-state index in [2.05, 4.69) is 24.9 Å². The molecule has 9 heteroatoms. The molecule has 0 amide bonds. The van der Waals surface area contributed by atoms with Gasteiger partial charge in [-0.2, -0.15) is 4.98 Å². The van der Waals surface area contributed by atoms with Gasteiger partial charge in [0.1, 0.15) is 11.4 Å². The summed E-state index contributed by atoms with van der Waals surface area (Å²) in [5, 5.41) is 0. The summed E-state index contributed by atoms with van der Waals surface area (Å²) >= 11 is 0. The number of nitrogens with one attached hydrogen (secondary N) is 1. The number of pyridine rings is 1. The predicted molar refractivity (Wildman–Crippen MR) is 124 cm³/mol. The quantitative estimate of drug-likeness (QED) is 0.360. The molecule has 0 saturated heterocycles. The van der Waals surface area contributed by atoms with Crippen molar-refractivity contribution in [1.82, 2.24) is 24.9 Å². The third-order valence-corrected chi connectivity index (χ3v) is 5.09. The smallest absolute Gasteiger partial charge is 0.246 e. The van der Waals surface area contributed by atoms with E-state index < -0.39 is 0 Å². The highest BCUT2D eigenvalue weighted by Gasteiger charge is 2.18. The van der Waals surface area contributed by atoms with Crippen molar-refractivity contribution >= 4 is 16.8 Å². The normalized spacial score (nSPS) is 10.8. The number of nitrogens with zero attached hydrogens (tertiary/aromatic N) is 4. The molecule has 0 fully saturated rings. The maximum absolute atomic E-state index is 12.9. The fraction of sp³-hybridized carbons (Fsp3) is 0.0800. The highest BCUT2D eigenvalue weighted by molar-refractivity contribution is 6.08. The number of fused-ring (bicyclic) bond motifs is 1. The molecule has 1 N–H and O–H groups in total. The first-order valence-electron chi connectivity index (χ1n) is 10.3. The third kappa shape index (κ3) is 4.02. The molecule has 34 heavy (non-hydrogen) atoms. The van der Waals surface area contributed by atoms with E-state index in [0.29, 0.717) is 34.3 Å². The van der Waals surface area contributed by atoms with Crippen LogP contribution in [0.15, 0.2) is 73.1 Å². The van der Waals surface area contributed by atoms with Gasteiger partial charge in [-0.1, -0.05) is 12.1 Å². The summed E-state index contributed by atoms with van der Waals surface area (Å²) in [5.74, 6) is 1.57. The van der Waals surface area contributed by atoms with Crippen LogP contribution in [0.25, 0.3) is 22.3 Å². The van der Waals surface area contributed by atoms with E-state index in [4.69, 9.17) is 14.2 Å². The number of para-hydroxylation sites is 2. The zero-order valence-electron chi connectivity index (χ0n) is 18.4. The molecule has 3 heterocycles. The number of hydrogen-bond donors (Lipinski definition) is 1. The van der Waals surface area contributed by atoms with Crippen LogP contribution in [0.3, 0.4) is 0 Å². The molecule has 0 aliphatic heterocycles. The average Bonchev–Trinajstić information content (AvgIpc) is 3.33. The van der Waals surface area contributed by atoms with E-state index >= 15 is 0 Å². The van der Waals surface area contributed by atoms with Crippen LogP contribution >= 0.6 is 0 Å². The SMILES string of the molecule is COc1ccc(-c2nccnc2Oc2ccc(C(=O)c3nc4ccccc4[nH]3)cc2)c(OC)n1. The van der Waals surface area contributed by atoms with E-state index in [1.807, 2.05) is 24.3 Å². The number of aromatic nitrogens is 5. The van der Waals surface area contributed by atoms with E-state index in [0.717, 1.165) is 11.0 Å². The molecule has 0 aliphatic rings. The van der Waals surface area contributed by atoms with Gasteiger partial charge in [-0.05, 0) is 42.5 Å². The molecule has 9 nitrogen and oxygen atoms in total. The van der Waals surface area contributed by atoms with Crippen molar-refractivity contribution in [2.24, 2.45) is 0 Å². The number of ketones is 1. The summed E-state index contributed by atoms with van der Waals surface area (Å²) in [6, 6.07) is 17.7. The number of benzene rings is 2. The molecule has 2 aromatic carbocycles. The van der Waals surface area contributed by atoms with Crippen molar-refractivity contribution in [3.8, 4) is 34.6 Å². The summed E-state index contributed by atoms with van der Waals surface area (Å²) in [5.41, 5.74) is 3.08. The minimum atomic E-state index is -0.211. The van der Waals surface area contributed by atoms with Gasteiger partial charge in [0.2, 0.25) is 23.4 Å². The molecular weight excluding hydrogens is 434 g/mol. The Bertz CT molecular complexity index is 1450. The Labute approximate surface area is 194 Å². The topological polar surface area (TPSA) is 112 Å². The molecule has 5 aromatic rings. The summed E-state index contributed by atoms with van der Waals surface area (Å²) in [4.78, 5) is 33.3. The number of aromatic amines is 1. The second-order valence-electron chi connectivity index (χ2n) is 7.18. The van der Waals surface area contributed by atoms with Crippen molar-refractivity contribution in [1.29, 1.82) is 0 Å². The Morgan fingerprint density at radius 1 is 0.824 bits per heavy atom. The molecule has 0 saturated carbocycles. The maximum atomic E-state index is 12.9. The summed E-state index contributed by atoms with van der Waals surface area (Å²) in [6.07, 6.45) is 3.09. The summed E-state index contributed by atoms with van der Waals surface area (Å²) in [7, 11) is 3.04. The van der Waals surface area contributed by atoms with E-state index in [9.17, 15) is 4.79 Å². The van der Waals surface area contributed by atoms with Gasteiger partial charge >= 0.3 is 0 Å². The van der Waals surface area contributed by atoms with E-state index in [-0.39, 0.29) is 17.5 Å². The van der Waals surface area contributed by atoms with Gasteiger partial charge in [0.25, 0.3) is 0 Å². The number of ether oxygens (including phenoxy) is 3. The lowest BCUT2D eigenvalue weighted by molar-refractivity contribution is 0.103. The third-order valence-electron chi connectivity index (χ3n) is 5.09. The van der Waals surface area contributed by atoms with Crippen molar-refractivity contribution in [3.63, 3.8) is 0 Å². The standard InChI is InChI=1S/C25H19N5O4/c1-32-20-12-11-17(24(30-20)33-2)21-25(27-14-13-26-21)34-16-9-7-15(8-10-16)22(31)23-28-18-5-3-4-6-19(18)29-23/h3-14H,1-2H3,(H,28,29). The minimum Gasteiger partial charge on any atom is -0.481 e. The number of imidazole rings is 1. The number of carbonyl (C=O) groups is 1. The molecule has 0 atom stereocenters. The molecule has 0 unspecified atom stereocenters. The zero-order chi connectivity index (χ0) is 23.5. The predicted octanol–water partition coefficient (Wildman–Crippen LogP) is 4.46. The highest BCUT2D eigenvalue weighted by Crippen LogP contribution is 2.35. The Kier molecular flexibility index (Phi) is 5.57. The molecule has 3 aromatic heterocycles. The average molecular weight is 453 g/mol. The van der Waals surface area contributed by atoms with Crippen LogP contribution < -0.4 is 14.2 Å². The maximum Gasteiger partial charge on any atom is 0.246 e. The molecular formula is C25H19N5O4. The molecule has 168 valence electrons. The van der Waals surface area contributed by atoms with Crippen molar-refractivity contribution in [3.05, 3.63) is 84.4 Å². The van der Waals surface area contributed by atoms with Crippen molar-refractivity contribution in [2.75, 3.05) is 14.2 Å². The Hall–Kier alpha value is -4.79. The van der Waals surface area contributed by atoms with Crippen LogP contribution in [-0.4, -0.2) is 44.9 Å². The monoisotopic (exact) mass is 453 g/mol. The first-order valence-corrected chi connectivity index (χ1v) is 10.3. The van der Waals surface area contributed by atoms with Gasteiger partial charge < -0.3 is 19.2 Å². The van der Waals surface area contributed by atoms with Crippen LogP contribution in [0.4, 0.5) is 0 Å². The first-order chi connectivity index (χ1) is 16.7. The van der Waals surface area contributed by atoms with Gasteiger partial charge in [0.15, 0.2) is 5.82 Å². The van der Waals surface area contributed by atoms with Crippen LogP contribution in [0.5, 0.6) is 23.4 Å². The van der Waals surface area contributed by atoms with E-state index in [1.54, 1.807) is 42.6 Å². The second-order valence-corrected chi connectivity index (χ2v) is 7.18. The largest absolute Gasteiger partial charge is 0.481 e. The summed E-state index contributed by atoms with van der Waals surface area (Å²) in [6.45, 7) is 0. The molecule has 5 rings (SSSR count). The summed E-state index contributed by atoms with van der Waals surface area (Å²) < 4.78 is 16.5. The van der Waals surface area contributed by atoms with Gasteiger partial charge in [-0.3, -0.25) is 4.79 Å². The van der Waals surface area contributed by atoms with Gasteiger partial charge in [0.05, 0.1) is 30.8 Å². The lowest BCUT2D eigenvalue weighted by Crippen LogP contribution is -2.03. The Balaban J connectivity index is 1.40. The Morgan fingerprint density at radius 3 is 2.38 bits per heavy atom. The van der Waals surface area contributed by atoms with E-state index in [1.165, 1.54) is 20.4 Å². The van der Waals surface area contributed by atoms with Gasteiger partial charge in [-0.15, -0.1) is 0 Å². The van der Waals surface area contributed by atoms with Crippen LogP contribution in [-0.2, 0) is 0 Å². The van der Waals surface area contributed by atoms with Gasteiger partial charge in [0, 0.05) is 24.0 Å². The van der Waals surface area contributed by atoms with Crippen LogP contribution in [0.2, 0.25) is 0 Å². The van der Waals surface area contributed by atoms with Gasteiger partial charge in [-0.25, -0.2) is 15.0 Å². The molecule has 0 bridgehead atoms. The minimum absolute atomic E-state index is 0.211. The second kappa shape index (κ2) is 8.99. The highest BCUT2D eigenvalue weighted by atomic mass is 16.5. The number of hydrogen-bond acceptors (Lipinski definition) is 8. The van der Waals surface area contributed by atoms with Crippen molar-refractivity contribution < 1.29 is 19.0 Å². The first kappa shape index (κ1) is 21.1. The van der Waals surface area contributed by atoms with Crippen LogP contribution in [0, 0.1) is 0 Å². The number of methoxy groups -OCH3 is 2. The Morgan fingerprint density at radius 2 is 1.62 bits per heavy atom. The van der Waals surface area contributed by atoms with Crippen LogP contribution in [0.1, 0.15) is 16.2 Å². The molecule has 0 spiro atoms. The number of H-pyrrole nitrogens is 1. The fourth-order valence-electron chi connectivity index (χ4n) is 3.44. The lowest BCUT2D eigenvalue weighted by atomic mass is 10.1. The zero-order valence-corrected chi connectivity index (χ0v) is 18.4. The lowest BCUT2D eigenvalue weighted by Gasteiger charge is -2.12. The van der Waals surface area contributed by atoms with Crippen molar-refractivity contribution in [2.45, 2.75) is 0 Å². The molecule has 0 radical (unpaired) electrons. The number of carbonyl (C=O) groups excluding carboxylic acids is 1. The number of rotatable bonds is 7. The molecule has 0 aliphatic carbocycles.